The minimum Gasteiger partial charge on any atom is -0.477 e. The lowest BCUT2D eigenvalue weighted by atomic mass is 10.4. The molecule has 1 N–H and O–H groups in total. The van der Waals surface area contributed by atoms with Gasteiger partial charge < -0.3 is 5.11 Å². The highest BCUT2D eigenvalue weighted by molar-refractivity contribution is 5.85. The van der Waals surface area contributed by atoms with Crippen molar-refractivity contribution in [3.63, 3.8) is 0 Å². The van der Waals surface area contributed by atoms with Gasteiger partial charge >= 0.3 is 5.97 Å². The topological polar surface area (TPSA) is 63.1 Å². The van der Waals surface area contributed by atoms with Gasteiger partial charge in [0.2, 0.25) is 0 Å². The molecule has 0 aromatic carbocycles. The Labute approximate surface area is 75.5 Å². The second-order valence-corrected chi connectivity index (χ2v) is 1.40. The van der Waals surface area contributed by atoms with Gasteiger partial charge in [-0.3, -0.25) is 0 Å². The van der Waals surface area contributed by atoms with E-state index in [-0.39, 0.29) is 30.5 Å². The molecule has 0 aliphatic heterocycles. The Bertz CT molecular complexity index is 217. The van der Waals surface area contributed by atoms with E-state index in [0.29, 0.717) is 0 Å². The molecular weight excluding hydrogens is 191 g/mol. The minimum absolute atomic E-state index is 0. The van der Waals surface area contributed by atoms with Crippen LogP contribution in [0.1, 0.15) is 10.5 Å². The molecule has 0 radical (unpaired) electrons. The van der Waals surface area contributed by atoms with Crippen LogP contribution < -0.4 is 0 Å². The molecule has 1 aromatic rings. The molecule has 1 aromatic heterocycles. The maximum atomic E-state index is 10.1. The number of nitrogens with zero attached hydrogens (tertiary/aromatic N) is 2. The van der Waals surface area contributed by atoms with Crippen molar-refractivity contribution in [2.75, 3.05) is 0 Å². The first kappa shape index (κ1) is 12.8. The predicted octanol–water partition coefficient (Wildman–Crippen LogP) is 1.02. The highest BCUT2D eigenvalue weighted by Gasteiger charge is 1.99. The van der Waals surface area contributed by atoms with Gasteiger partial charge in [-0.25, -0.2) is 14.8 Å². The number of aromatic nitrogens is 2. The lowest BCUT2D eigenvalue weighted by molar-refractivity contribution is 0.0690. The summed E-state index contributed by atoms with van der Waals surface area (Å²) in [7, 11) is 0. The number of rotatable bonds is 1. The minimum atomic E-state index is -1.03. The first-order valence-corrected chi connectivity index (χ1v) is 2.30. The van der Waals surface area contributed by atoms with Gasteiger partial charge in [0.05, 0.1) is 0 Å². The number of carboxylic acids is 1. The Morgan fingerprint density at radius 1 is 1.45 bits per heavy atom. The summed E-state index contributed by atoms with van der Waals surface area (Å²) in [6.07, 6.45) is 2.58. The molecule has 0 aliphatic rings. The summed E-state index contributed by atoms with van der Waals surface area (Å²) >= 11 is 0. The highest BCUT2D eigenvalue weighted by atomic mass is 35.5. The van der Waals surface area contributed by atoms with E-state index in [2.05, 4.69) is 9.97 Å². The van der Waals surface area contributed by atoms with Crippen molar-refractivity contribution in [1.82, 2.24) is 9.97 Å². The molecule has 0 saturated heterocycles. The molecule has 1 heterocycles. The zero-order valence-corrected chi connectivity index (χ0v) is 6.93. The first-order chi connectivity index (χ1) is 4.30. The third kappa shape index (κ3) is 3.75. The van der Waals surface area contributed by atoms with Crippen molar-refractivity contribution >= 4 is 30.8 Å². The molecule has 0 saturated carbocycles. The number of hydrogen-bond acceptors (Lipinski definition) is 3. The number of halogens is 2. The van der Waals surface area contributed by atoms with E-state index in [9.17, 15) is 4.79 Å². The summed E-state index contributed by atoms with van der Waals surface area (Å²) in [6, 6.07) is 1.34. The summed E-state index contributed by atoms with van der Waals surface area (Å²) in [4.78, 5) is 17.1. The van der Waals surface area contributed by atoms with Gasteiger partial charge in [0.25, 0.3) is 0 Å². The van der Waals surface area contributed by atoms with E-state index in [1.54, 1.807) is 0 Å². The van der Waals surface area contributed by atoms with Gasteiger partial charge in [0.15, 0.2) is 5.69 Å². The lowest BCUT2D eigenvalue weighted by Crippen LogP contribution is -1.98. The van der Waals surface area contributed by atoms with Crippen LogP contribution in [0, 0.1) is 0 Å². The number of carbonyl (C=O) groups is 1. The average Bonchev–Trinajstić information content (AvgIpc) is 1.90. The molecule has 1 rings (SSSR count). The first-order valence-electron chi connectivity index (χ1n) is 2.30. The van der Waals surface area contributed by atoms with Gasteiger partial charge in [-0.1, -0.05) is 0 Å². The molecule has 0 fully saturated rings. The Morgan fingerprint density at radius 3 is 2.36 bits per heavy atom. The summed E-state index contributed by atoms with van der Waals surface area (Å²) in [5.41, 5.74) is 0.0185. The van der Waals surface area contributed by atoms with Crippen molar-refractivity contribution in [2.45, 2.75) is 0 Å². The van der Waals surface area contributed by atoms with E-state index in [1.165, 1.54) is 18.6 Å². The fraction of sp³-hybridized carbons (Fsp3) is 0. The molecule has 0 unspecified atom stereocenters. The molecule has 4 nitrogen and oxygen atoms in total. The van der Waals surface area contributed by atoms with Crippen molar-refractivity contribution in [1.29, 1.82) is 0 Å². The fourth-order valence-corrected chi connectivity index (χ4v) is 0.417. The van der Waals surface area contributed by atoms with Crippen LogP contribution >= 0.6 is 24.8 Å². The van der Waals surface area contributed by atoms with Crippen molar-refractivity contribution in [2.24, 2.45) is 0 Å². The van der Waals surface area contributed by atoms with Crippen LogP contribution in [0.25, 0.3) is 0 Å². The molecule has 6 heteroatoms. The molecule has 0 bridgehead atoms. The maximum absolute atomic E-state index is 10.1. The highest BCUT2D eigenvalue weighted by Crippen LogP contribution is 1.87. The van der Waals surface area contributed by atoms with E-state index >= 15 is 0 Å². The van der Waals surface area contributed by atoms with Gasteiger partial charge in [-0.05, 0) is 6.07 Å². The second kappa shape index (κ2) is 5.88. The Hall–Kier alpha value is -0.870. The normalized spacial score (nSPS) is 7.27. The number of carboxylic acid groups (broad SMARTS) is 1. The molecule has 62 valence electrons. The quantitative estimate of drug-likeness (QED) is 0.729. The third-order valence-electron chi connectivity index (χ3n) is 0.801. The van der Waals surface area contributed by atoms with Crippen LogP contribution in [-0.4, -0.2) is 21.0 Å². The SMILES string of the molecule is Cl.Cl.O=C(O)c1ccncn1. The van der Waals surface area contributed by atoms with Crippen LogP contribution in [0.15, 0.2) is 18.6 Å². The molecule has 11 heavy (non-hydrogen) atoms. The molecule has 0 aliphatic carbocycles. The molecule has 0 atom stereocenters. The Balaban J connectivity index is 0. The van der Waals surface area contributed by atoms with Crippen molar-refractivity contribution in [3.8, 4) is 0 Å². The van der Waals surface area contributed by atoms with Gasteiger partial charge in [-0.2, -0.15) is 0 Å². The van der Waals surface area contributed by atoms with Crippen LogP contribution in [-0.2, 0) is 0 Å². The fourth-order valence-electron chi connectivity index (χ4n) is 0.417. The van der Waals surface area contributed by atoms with Gasteiger partial charge in [-0.15, -0.1) is 24.8 Å². The lowest BCUT2D eigenvalue weighted by Gasteiger charge is -1.86. The van der Waals surface area contributed by atoms with E-state index in [0.717, 1.165) is 0 Å². The molecular formula is C5H6Cl2N2O2. The molecule has 0 spiro atoms. The summed E-state index contributed by atoms with van der Waals surface area (Å²) < 4.78 is 0. The zero-order chi connectivity index (χ0) is 6.69. The van der Waals surface area contributed by atoms with Gasteiger partial charge in [0, 0.05) is 6.20 Å². The van der Waals surface area contributed by atoms with Crippen LogP contribution in [0.5, 0.6) is 0 Å². The standard InChI is InChI=1S/C5H4N2O2.2ClH/c8-5(9)4-1-2-6-3-7-4;;/h1-3H,(H,8,9);2*1H. The summed E-state index contributed by atoms with van der Waals surface area (Å²) in [5, 5.41) is 8.29. The largest absolute Gasteiger partial charge is 0.477 e. The van der Waals surface area contributed by atoms with Gasteiger partial charge in [0.1, 0.15) is 6.33 Å². The zero-order valence-electron chi connectivity index (χ0n) is 5.30. The Morgan fingerprint density at radius 2 is 2.09 bits per heavy atom. The predicted molar refractivity (Wildman–Crippen MR) is 43.5 cm³/mol. The summed E-state index contributed by atoms with van der Waals surface area (Å²) in [5.74, 6) is -1.03. The van der Waals surface area contributed by atoms with Crippen LogP contribution in [0.2, 0.25) is 0 Å². The third-order valence-corrected chi connectivity index (χ3v) is 0.801. The number of hydrogen-bond donors (Lipinski definition) is 1. The average molecular weight is 197 g/mol. The van der Waals surface area contributed by atoms with Crippen molar-refractivity contribution in [3.05, 3.63) is 24.3 Å². The Kier molecular flexibility index (Phi) is 6.83. The monoisotopic (exact) mass is 196 g/mol. The van der Waals surface area contributed by atoms with Crippen molar-refractivity contribution < 1.29 is 9.90 Å². The van der Waals surface area contributed by atoms with E-state index in [1.807, 2.05) is 0 Å². The smallest absolute Gasteiger partial charge is 0.354 e. The van der Waals surface area contributed by atoms with Crippen LogP contribution in [0.3, 0.4) is 0 Å². The maximum Gasteiger partial charge on any atom is 0.354 e. The molecule has 0 amide bonds. The number of aromatic carboxylic acids is 1. The van der Waals surface area contributed by atoms with Crippen LogP contribution in [0.4, 0.5) is 0 Å². The summed E-state index contributed by atoms with van der Waals surface area (Å²) in [6.45, 7) is 0. The van der Waals surface area contributed by atoms with E-state index < -0.39 is 5.97 Å². The van der Waals surface area contributed by atoms with E-state index in [4.69, 9.17) is 5.11 Å². The second-order valence-electron chi connectivity index (χ2n) is 1.40.